The van der Waals surface area contributed by atoms with Gasteiger partial charge in [0.1, 0.15) is 0 Å². The van der Waals surface area contributed by atoms with Gasteiger partial charge in [0, 0.05) is 55.7 Å². The summed E-state index contributed by atoms with van der Waals surface area (Å²) in [4.78, 5) is 4.92. The van der Waals surface area contributed by atoms with Crippen molar-refractivity contribution in [2.75, 3.05) is 44.2 Å². The lowest BCUT2D eigenvalue weighted by atomic mass is 9.95. The van der Waals surface area contributed by atoms with Crippen LogP contribution in [0.25, 0.3) is 0 Å². The van der Waals surface area contributed by atoms with E-state index in [0.29, 0.717) is 36.7 Å². The molecule has 1 aliphatic carbocycles. The Kier molecular flexibility index (Phi) is 7.04. The number of thiocarbonyl (C=S) groups is 1. The van der Waals surface area contributed by atoms with Crippen molar-refractivity contribution in [3.63, 3.8) is 0 Å². The maximum atomic E-state index is 13.5. The molecular formula is C25H30F3N3O4S2. The summed E-state index contributed by atoms with van der Waals surface area (Å²) >= 11 is 5.34. The Labute approximate surface area is 220 Å². The second kappa shape index (κ2) is 9.73. The summed E-state index contributed by atoms with van der Waals surface area (Å²) in [6.07, 6.45) is 1.81. The van der Waals surface area contributed by atoms with Crippen molar-refractivity contribution in [2.24, 2.45) is 0 Å². The van der Waals surface area contributed by atoms with Crippen molar-refractivity contribution in [3.8, 4) is 0 Å². The first-order valence-electron chi connectivity index (χ1n) is 12.3. The number of morpholine rings is 1. The van der Waals surface area contributed by atoms with Crippen LogP contribution in [0.5, 0.6) is 0 Å². The highest BCUT2D eigenvalue weighted by atomic mass is 32.2. The van der Waals surface area contributed by atoms with Crippen molar-refractivity contribution in [1.82, 2.24) is 9.21 Å². The molecular weight excluding hydrogens is 527 g/mol. The molecule has 7 nitrogen and oxygen atoms in total. The average Bonchev–Trinajstić information content (AvgIpc) is 3.47. The van der Waals surface area contributed by atoms with Crippen LogP contribution in [0, 0.1) is 0 Å². The number of nitrogens with zero attached hydrogens (tertiary/aromatic N) is 3. The van der Waals surface area contributed by atoms with E-state index in [0.717, 1.165) is 19.9 Å². The highest BCUT2D eigenvalue weighted by Crippen LogP contribution is 2.39. The molecule has 3 fully saturated rings. The first kappa shape index (κ1) is 26.8. The third-order valence-electron chi connectivity index (χ3n) is 7.80. The van der Waals surface area contributed by atoms with Crippen LogP contribution in [-0.4, -0.2) is 91.3 Å². The monoisotopic (exact) mass is 557 g/mol. The van der Waals surface area contributed by atoms with Gasteiger partial charge in [-0.3, -0.25) is 4.90 Å². The van der Waals surface area contributed by atoms with Gasteiger partial charge in [-0.05, 0) is 37.1 Å². The molecule has 0 amide bonds. The van der Waals surface area contributed by atoms with Gasteiger partial charge in [-0.1, -0.05) is 36.5 Å². The molecule has 4 aliphatic rings. The van der Waals surface area contributed by atoms with Gasteiger partial charge in [-0.25, -0.2) is 8.42 Å². The molecule has 1 N–H and O–H groups in total. The fourth-order valence-corrected chi connectivity index (χ4v) is 7.62. The standard InChI is InChI=1S/C25H30F3N3O4S2/c1-24(32,25(26,27)28)17-6-8-18(9-7-17)31-11-10-30(37(33,34)23-5-3-2-4-22(23)36)14-20(31)13-29-15-21-12-19(29)16-35-21/h2-3,5-9,19-21,32H,4,10-16H2,1H3/t19-,20-,21-,24-/m1/s1. The molecule has 5 rings (SSSR count). The van der Waals surface area contributed by atoms with Gasteiger partial charge in [0.25, 0.3) is 0 Å². The number of alkyl halides is 3. The van der Waals surface area contributed by atoms with Crippen LogP contribution < -0.4 is 4.90 Å². The Morgan fingerprint density at radius 3 is 2.49 bits per heavy atom. The molecule has 3 heterocycles. The van der Waals surface area contributed by atoms with Crippen LogP contribution in [0.3, 0.4) is 0 Å². The molecule has 3 saturated heterocycles. The van der Waals surface area contributed by atoms with E-state index in [1.165, 1.54) is 16.4 Å². The van der Waals surface area contributed by atoms with Gasteiger partial charge in [-0.15, -0.1) is 0 Å². The molecule has 37 heavy (non-hydrogen) atoms. The zero-order valence-electron chi connectivity index (χ0n) is 20.4. The van der Waals surface area contributed by atoms with Crippen LogP contribution in [0.15, 0.2) is 47.4 Å². The average molecular weight is 558 g/mol. The van der Waals surface area contributed by atoms with E-state index in [-0.39, 0.29) is 41.7 Å². The van der Waals surface area contributed by atoms with Gasteiger partial charge in [-0.2, -0.15) is 17.5 Å². The van der Waals surface area contributed by atoms with Crippen molar-refractivity contribution in [3.05, 3.63) is 53.0 Å². The van der Waals surface area contributed by atoms with E-state index in [1.54, 1.807) is 24.3 Å². The zero-order chi connectivity index (χ0) is 26.6. The maximum Gasteiger partial charge on any atom is 0.421 e. The molecule has 3 aliphatic heterocycles. The number of ether oxygens (including phenoxy) is 1. The predicted octanol–water partition coefficient (Wildman–Crippen LogP) is 2.96. The molecule has 0 saturated carbocycles. The number of benzene rings is 1. The van der Waals surface area contributed by atoms with E-state index in [1.807, 2.05) is 6.08 Å². The predicted molar refractivity (Wildman–Crippen MR) is 138 cm³/mol. The van der Waals surface area contributed by atoms with E-state index in [2.05, 4.69) is 9.80 Å². The van der Waals surface area contributed by atoms with Crippen LogP contribution >= 0.6 is 12.2 Å². The lowest BCUT2D eigenvalue weighted by molar-refractivity contribution is -0.258. The summed E-state index contributed by atoms with van der Waals surface area (Å²) in [6, 6.07) is 5.75. The molecule has 4 atom stereocenters. The summed E-state index contributed by atoms with van der Waals surface area (Å²) in [7, 11) is -3.79. The summed E-state index contributed by atoms with van der Waals surface area (Å²) in [5, 5.41) is 10.0. The number of hydrogen-bond donors (Lipinski definition) is 1. The number of piperazine rings is 1. The Morgan fingerprint density at radius 1 is 1.16 bits per heavy atom. The van der Waals surface area contributed by atoms with Gasteiger partial charge in [0.15, 0.2) is 5.60 Å². The quantitative estimate of drug-likeness (QED) is 0.540. The number of halogens is 3. The third-order valence-corrected chi connectivity index (χ3v) is 10.3. The molecule has 1 aromatic rings. The van der Waals surface area contributed by atoms with Gasteiger partial charge in [0.2, 0.25) is 10.0 Å². The minimum Gasteiger partial charge on any atom is -0.376 e. The first-order chi connectivity index (χ1) is 17.4. The summed E-state index contributed by atoms with van der Waals surface area (Å²) in [5.41, 5.74) is -2.53. The molecule has 1 aromatic carbocycles. The van der Waals surface area contributed by atoms with Gasteiger partial charge in [0.05, 0.1) is 23.7 Å². The summed E-state index contributed by atoms with van der Waals surface area (Å²) < 4.78 is 74.1. The number of hydrogen-bond acceptors (Lipinski definition) is 7. The van der Waals surface area contributed by atoms with Crippen LogP contribution in [-0.2, 0) is 20.4 Å². The molecule has 12 heteroatoms. The fraction of sp³-hybridized carbons (Fsp3) is 0.560. The summed E-state index contributed by atoms with van der Waals surface area (Å²) in [5.74, 6) is 0. The molecule has 0 aromatic heterocycles. The molecule has 0 unspecified atom stereocenters. The lowest BCUT2D eigenvalue weighted by Crippen LogP contribution is -2.59. The summed E-state index contributed by atoms with van der Waals surface area (Å²) in [6.45, 7) is 3.57. The number of sulfonamides is 1. The smallest absolute Gasteiger partial charge is 0.376 e. The minimum absolute atomic E-state index is 0.157. The Hall–Kier alpha value is -1.83. The Morgan fingerprint density at radius 2 is 1.89 bits per heavy atom. The van der Waals surface area contributed by atoms with Crippen molar-refractivity contribution < 1.29 is 31.4 Å². The Bertz CT molecular complexity index is 1210. The van der Waals surface area contributed by atoms with Crippen molar-refractivity contribution >= 4 is 32.8 Å². The largest absolute Gasteiger partial charge is 0.421 e. The van der Waals surface area contributed by atoms with Crippen molar-refractivity contribution in [2.45, 2.75) is 49.7 Å². The van der Waals surface area contributed by atoms with Crippen molar-refractivity contribution in [1.29, 1.82) is 0 Å². The van der Waals surface area contributed by atoms with E-state index >= 15 is 0 Å². The number of likely N-dealkylation sites (tertiary alicyclic amines) is 1. The third kappa shape index (κ3) is 4.99. The second-order valence-electron chi connectivity index (χ2n) is 10.2. The number of fused-ring (bicyclic) bond motifs is 2. The molecule has 202 valence electrons. The topological polar surface area (TPSA) is 73.3 Å². The van der Waals surface area contributed by atoms with E-state index in [9.17, 15) is 26.7 Å². The van der Waals surface area contributed by atoms with Crippen LogP contribution in [0.1, 0.15) is 25.3 Å². The molecule has 0 radical (unpaired) electrons. The maximum absolute atomic E-state index is 13.5. The SMILES string of the molecule is C[C@@](O)(c1ccc(N2CCN(S(=O)(=O)C3=CC=CCC3=S)C[C@H]2CN2C[C@H]3C[C@@H]2CO3)cc1)C(F)(F)F. The van der Waals surface area contributed by atoms with Crippen LogP contribution in [0.2, 0.25) is 0 Å². The fourth-order valence-electron chi connectivity index (χ4n) is 5.55. The number of aliphatic hydroxyl groups is 1. The highest BCUT2D eigenvalue weighted by molar-refractivity contribution is 7.96. The molecule has 0 spiro atoms. The first-order valence-corrected chi connectivity index (χ1v) is 14.1. The zero-order valence-corrected chi connectivity index (χ0v) is 22.0. The normalized spacial score (nSPS) is 29.0. The van der Waals surface area contributed by atoms with E-state index in [4.69, 9.17) is 17.0 Å². The second-order valence-corrected chi connectivity index (χ2v) is 12.6. The van der Waals surface area contributed by atoms with Gasteiger partial charge < -0.3 is 14.7 Å². The van der Waals surface area contributed by atoms with Crippen LogP contribution in [0.4, 0.5) is 18.9 Å². The van der Waals surface area contributed by atoms with E-state index < -0.39 is 21.8 Å². The number of allylic oxidation sites excluding steroid dienone is 4. The minimum atomic E-state index is -4.81. The number of anilines is 1. The highest BCUT2D eigenvalue weighted by Gasteiger charge is 2.51. The Balaban J connectivity index is 1.40. The number of rotatable bonds is 6. The molecule has 2 bridgehead atoms. The lowest BCUT2D eigenvalue weighted by Gasteiger charge is -2.45. The van der Waals surface area contributed by atoms with Gasteiger partial charge >= 0.3 is 6.18 Å².